The first-order valence-corrected chi connectivity index (χ1v) is 3.07. The maximum atomic E-state index is 8.37. The molecule has 1 aliphatic rings. The monoisotopic (exact) mass is 135 g/mol. The van der Waals surface area contributed by atoms with Gasteiger partial charge >= 0.3 is 15.9 Å². The van der Waals surface area contributed by atoms with Crippen molar-refractivity contribution < 1.29 is 18.2 Å². The van der Waals surface area contributed by atoms with Crippen molar-refractivity contribution in [1.29, 1.82) is 0 Å². The van der Waals surface area contributed by atoms with Crippen LogP contribution < -0.4 is 0 Å². The Labute approximate surface area is 54.1 Å². The molecule has 0 spiro atoms. The second-order valence-corrected chi connectivity index (χ2v) is 2.17. The lowest BCUT2D eigenvalue weighted by Crippen LogP contribution is -2.13. The van der Waals surface area contributed by atoms with E-state index in [1.165, 1.54) is 0 Å². The van der Waals surface area contributed by atoms with Gasteiger partial charge in [-0.2, -0.15) is 0 Å². The van der Waals surface area contributed by atoms with Crippen LogP contribution in [0, 0.1) is 0 Å². The zero-order valence-corrected chi connectivity index (χ0v) is 5.49. The van der Waals surface area contributed by atoms with Crippen LogP contribution in [0.2, 0.25) is 0 Å². The van der Waals surface area contributed by atoms with Crippen LogP contribution in [0.15, 0.2) is 0 Å². The van der Waals surface area contributed by atoms with Crippen LogP contribution >= 0.6 is 0 Å². The Morgan fingerprint density at radius 2 is 2.50 bits per heavy atom. The molecule has 1 fully saturated rings. The van der Waals surface area contributed by atoms with E-state index in [0.29, 0.717) is 6.61 Å². The molecule has 5 heteroatoms. The van der Waals surface area contributed by atoms with Gasteiger partial charge in [0.15, 0.2) is 0 Å². The minimum atomic E-state index is -0.270. The number of hydrogen-bond donors (Lipinski definition) is 1. The molecule has 0 aliphatic carbocycles. The molecule has 0 saturated carbocycles. The summed E-state index contributed by atoms with van der Waals surface area (Å²) in [5.41, 5.74) is 0. The molecule has 4 nitrogen and oxygen atoms in total. The van der Waals surface area contributed by atoms with Crippen LogP contribution in [-0.2, 0) is 7.58 Å². The van der Waals surface area contributed by atoms with Crippen LogP contribution in [0.3, 0.4) is 0 Å². The summed E-state index contributed by atoms with van der Waals surface area (Å²) in [6, 6.07) is 0. The Kier molecular flexibility index (Phi) is 4.47. The predicted octanol–water partition coefficient (Wildman–Crippen LogP) is -1.90. The van der Waals surface area contributed by atoms with Gasteiger partial charge < -0.3 is 18.2 Å². The van der Waals surface area contributed by atoms with Crippen molar-refractivity contribution >= 4 is 15.9 Å². The Morgan fingerprint density at radius 3 is 2.75 bits per heavy atom. The third-order valence-electron chi connectivity index (χ3n) is 0.802. The molecule has 1 radical (unpaired) electrons. The molecule has 0 aromatic rings. The first kappa shape index (κ1) is 8.37. The van der Waals surface area contributed by atoms with Gasteiger partial charge in [-0.1, -0.05) is 0 Å². The van der Waals surface area contributed by atoms with E-state index in [2.05, 4.69) is 0 Å². The normalized spacial score (nSPS) is 26.4. The van der Waals surface area contributed by atoms with E-state index in [1.54, 1.807) is 0 Å². The minimum Gasteiger partial charge on any atom is -0.482 e. The maximum Gasteiger partial charge on any atom is 0.668 e. The Bertz CT molecular complexity index is 53.2. The molecule has 0 bridgehead atoms. The molecule has 1 unspecified atom stereocenters. The van der Waals surface area contributed by atoms with E-state index in [4.69, 9.17) is 12.7 Å². The Hall–Kier alpha value is 0.372. The summed E-state index contributed by atoms with van der Waals surface area (Å²) in [4.78, 5) is 0. The van der Waals surface area contributed by atoms with Crippen molar-refractivity contribution in [1.82, 2.24) is 0 Å². The average molecular weight is 135 g/mol. The molecule has 1 saturated heterocycles. The fourth-order valence-corrected chi connectivity index (χ4v) is 1.09. The molecule has 1 atom stereocenters. The highest BCUT2D eigenvalue weighted by atomic mass is 27.2. The van der Waals surface area contributed by atoms with E-state index >= 15 is 0 Å². The van der Waals surface area contributed by atoms with Gasteiger partial charge in [0.25, 0.3) is 0 Å². The smallest absolute Gasteiger partial charge is 0.482 e. The molecule has 47 valence electrons. The molecule has 1 heterocycles. The predicted molar refractivity (Wildman–Crippen MR) is 27.3 cm³/mol. The van der Waals surface area contributed by atoms with Gasteiger partial charge in [0, 0.05) is 6.61 Å². The highest BCUT2D eigenvalue weighted by Gasteiger charge is 2.16. The lowest BCUT2D eigenvalue weighted by Gasteiger charge is -2.01. The van der Waals surface area contributed by atoms with Gasteiger partial charge in [0.1, 0.15) is 0 Å². The van der Waals surface area contributed by atoms with Crippen molar-refractivity contribution in [3.63, 3.8) is 0 Å². The Balaban J connectivity index is 0.000000490. The summed E-state index contributed by atoms with van der Waals surface area (Å²) in [5, 5.41) is 8.37. The third-order valence-corrected chi connectivity index (χ3v) is 1.63. The molecule has 0 aromatic carbocycles. The summed E-state index contributed by atoms with van der Waals surface area (Å²) in [6.07, 6.45) is -0.0324. The average Bonchev–Trinajstić information content (AvgIpc) is 2.14. The van der Waals surface area contributed by atoms with E-state index < -0.39 is 0 Å². The summed E-state index contributed by atoms with van der Waals surface area (Å²) in [6.45, 7) is 0.666. The zero-order chi connectivity index (χ0) is 5.11. The molecule has 8 heavy (non-hydrogen) atoms. The molecule has 3 N–H and O–H groups in total. The van der Waals surface area contributed by atoms with E-state index in [1.807, 2.05) is 0 Å². The summed E-state index contributed by atoms with van der Waals surface area (Å²) in [5.74, 6) is 0. The van der Waals surface area contributed by atoms with Crippen LogP contribution in [0.1, 0.15) is 0 Å². The summed E-state index contributed by atoms with van der Waals surface area (Å²) in [7, 11) is 0. The lowest BCUT2D eigenvalue weighted by molar-refractivity contribution is 0.135. The van der Waals surface area contributed by atoms with E-state index in [-0.39, 0.29) is 34.1 Å². The van der Waals surface area contributed by atoms with Gasteiger partial charge in [-0.15, -0.1) is 0 Å². The van der Waals surface area contributed by atoms with Crippen molar-refractivity contribution in [2.45, 2.75) is 6.10 Å². The topological polar surface area (TPSA) is 70.2 Å². The van der Waals surface area contributed by atoms with Gasteiger partial charge in [-0.25, -0.2) is 0 Å². The van der Waals surface area contributed by atoms with Crippen LogP contribution in [0.25, 0.3) is 0 Å². The second-order valence-electron chi connectivity index (χ2n) is 1.37. The van der Waals surface area contributed by atoms with Crippen LogP contribution in [-0.4, -0.2) is 45.8 Å². The van der Waals surface area contributed by atoms with Crippen molar-refractivity contribution in [2.75, 3.05) is 13.2 Å². The van der Waals surface area contributed by atoms with Gasteiger partial charge in [0.2, 0.25) is 0 Å². The number of hydrogen-bond acceptors (Lipinski definition) is 3. The maximum absolute atomic E-state index is 8.37. The fourth-order valence-electron chi connectivity index (χ4n) is 0.399. The lowest BCUT2D eigenvalue weighted by atomic mass is 10.4. The third kappa shape index (κ3) is 2.09. The molecule has 0 aromatic heterocycles. The van der Waals surface area contributed by atoms with Crippen molar-refractivity contribution in [3.8, 4) is 0 Å². The van der Waals surface area contributed by atoms with Gasteiger partial charge in [-0.3, -0.25) is 0 Å². The number of aliphatic hydroxyl groups excluding tert-OH is 1. The molecule has 0 amide bonds. The van der Waals surface area contributed by atoms with Crippen molar-refractivity contribution in [2.24, 2.45) is 0 Å². The first-order chi connectivity index (χ1) is 3.43. The molecule has 1 rings (SSSR count). The quantitative estimate of drug-likeness (QED) is 0.427. The highest BCUT2D eigenvalue weighted by Crippen LogP contribution is 1.97. The summed E-state index contributed by atoms with van der Waals surface area (Å²) < 4.78 is 9.76. The number of rotatable bonds is 1. The minimum absolute atomic E-state index is 0. The van der Waals surface area contributed by atoms with Crippen LogP contribution in [0.4, 0.5) is 0 Å². The largest absolute Gasteiger partial charge is 0.668 e. The SMILES string of the molecule is O.OCC1C[O][Al][O]1. The number of aliphatic hydroxyl groups is 1. The zero-order valence-electron chi connectivity index (χ0n) is 4.33. The molecular weight excluding hydrogens is 127 g/mol. The molecular formula is C3H8AlO4. The van der Waals surface area contributed by atoms with Crippen molar-refractivity contribution in [3.05, 3.63) is 0 Å². The Morgan fingerprint density at radius 1 is 1.75 bits per heavy atom. The standard InChI is InChI=1S/C3H6O3.Al.H2O/c4-1-3(6)2-5;;/h3-4H,1-2H2;;1H2/q-2;+2;. The van der Waals surface area contributed by atoms with Gasteiger partial charge in [0.05, 0.1) is 12.7 Å². The molecule has 1 aliphatic heterocycles. The fraction of sp³-hybridized carbons (Fsp3) is 1.00. The van der Waals surface area contributed by atoms with E-state index in [0.717, 1.165) is 0 Å². The van der Waals surface area contributed by atoms with Crippen LogP contribution in [0.5, 0.6) is 0 Å². The highest BCUT2D eigenvalue weighted by molar-refractivity contribution is 6.18. The van der Waals surface area contributed by atoms with Gasteiger partial charge in [-0.05, 0) is 0 Å². The second kappa shape index (κ2) is 4.27. The van der Waals surface area contributed by atoms with E-state index in [9.17, 15) is 0 Å². The first-order valence-electron chi connectivity index (χ1n) is 2.13. The summed E-state index contributed by atoms with van der Waals surface area (Å²) >= 11 is -0.270.